The van der Waals surface area contributed by atoms with E-state index < -0.39 is 0 Å². The molecule has 0 amide bonds. The van der Waals surface area contributed by atoms with E-state index in [1.54, 1.807) is 0 Å². The summed E-state index contributed by atoms with van der Waals surface area (Å²) < 4.78 is 5.46. The van der Waals surface area contributed by atoms with Gasteiger partial charge in [-0.2, -0.15) is 0 Å². The molecule has 0 aliphatic carbocycles. The molecule has 0 atom stereocenters. The number of hydrogen-bond acceptors (Lipinski definition) is 3. The minimum atomic E-state index is -0.144. The molecule has 0 unspecified atom stereocenters. The molecule has 1 aliphatic heterocycles. The molecule has 1 rings (SSSR count). The maximum atomic E-state index is 12.2. The second-order valence-electron chi connectivity index (χ2n) is 17.2. The third-order valence-corrected chi connectivity index (χ3v) is 12.7. The second kappa shape index (κ2) is 37.9. The van der Waals surface area contributed by atoms with E-state index in [1.807, 2.05) is 0 Å². The van der Waals surface area contributed by atoms with Crippen LogP contribution in [0.5, 0.6) is 0 Å². The fourth-order valence-electron chi connectivity index (χ4n) is 8.54. The van der Waals surface area contributed by atoms with Crippen LogP contribution in [0.1, 0.15) is 290 Å². The van der Waals surface area contributed by atoms with E-state index in [0.717, 1.165) is 12.8 Å². The Labute approximate surface area is 327 Å². The summed E-state index contributed by atoms with van der Waals surface area (Å²) in [7, 11) is 0. The maximum Gasteiger partial charge on any atom is 0.312 e. The van der Waals surface area contributed by atoms with Crippen LogP contribution in [0.25, 0.3) is 0 Å². The lowest BCUT2D eigenvalue weighted by atomic mass is 9.77. The van der Waals surface area contributed by atoms with E-state index in [9.17, 15) is 4.79 Å². The summed E-state index contributed by atoms with van der Waals surface area (Å²) in [6, 6.07) is 0. The smallest absolute Gasteiger partial charge is 0.312 e. The molecule has 1 fully saturated rings. The van der Waals surface area contributed by atoms with Crippen LogP contribution in [0.4, 0.5) is 0 Å². The molecule has 302 valence electrons. The van der Waals surface area contributed by atoms with E-state index >= 15 is 0 Å². The fraction of sp³-hybridized carbons (Fsp3) is 0.958. The number of unbranched alkanes of at least 4 members (excludes halogenated alkanes) is 38. The van der Waals surface area contributed by atoms with Crippen molar-refractivity contribution in [2.24, 2.45) is 5.41 Å². The Hall–Kier alpha value is -0.440. The van der Waals surface area contributed by atoms with Crippen LogP contribution in [0.3, 0.4) is 0 Å². The van der Waals surface area contributed by atoms with Crippen LogP contribution < -0.4 is 0 Å². The van der Waals surface area contributed by atoms with Crippen molar-refractivity contribution < 1.29 is 9.53 Å². The lowest BCUT2D eigenvalue weighted by Crippen LogP contribution is -2.25. The Morgan fingerprint density at radius 3 is 0.745 bits per heavy atom. The van der Waals surface area contributed by atoms with Gasteiger partial charge in [0.05, 0.1) is 6.42 Å². The Bertz CT molecular complexity index is 704. The largest absolute Gasteiger partial charge is 0.419 e. The predicted molar refractivity (Wildman–Crippen MR) is 231 cm³/mol. The Balaban J connectivity index is 1.91. The van der Waals surface area contributed by atoms with Crippen molar-refractivity contribution in [2.75, 3.05) is 0 Å². The standard InChI is InChI=1S/C48H92O2S/c1-3-5-7-9-11-13-15-17-19-21-23-25-27-29-31-33-35-37-39-41-43-48(45-46(49)50-47(48)51)44-42-40-38-36-34-32-30-28-26-24-22-20-18-16-14-12-10-8-6-4-2/h3-45H2,1-2H3. The number of rotatable bonds is 42. The van der Waals surface area contributed by atoms with Gasteiger partial charge in [0.2, 0.25) is 0 Å². The van der Waals surface area contributed by atoms with Crippen molar-refractivity contribution in [3.05, 3.63) is 0 Å². The van der Waals surface area contributed by atoms with Gasteiger partial charge < -0.3 is 4.74 Å². The molecule has 0 saturated carbocycles. The normalized spacial score (nSPS) is 14.2. The monoisotopic (exact) mass is 733 g/mol. The molecule has 0 radical (unpaired) electrons. The number of hydrogen-bond donors (Lipinski definition) is 0. The van der Waals surface area contributed by atoms with Gasteiger partial charge in [0.15, 0.2) is 5.05 Å². The highest BCUT2D eigenvalue weighted by Crippen LogP contribution is 2.42. The Kier molecular flexibility index (Phi) is 36.1. The SMILES string of the molecule is CCCCCCCCCCCCCCCCCCCCCCC1(CCCCCCCCCCCCCCCCCCCCCC)CC(=O)OC1=S. The van der Waals surface area contributed by atoms with Crippen LogP contribution in [0, 0.1) is 5.41 Å². The quantitative estimate of drug-likeness (QED) is 0.0355. The average Bonchev–Trinajstić information content (AvgIpc) is 3.41. The third-order valence-electron chi connectivity index (χ3n) is 12.1. The lowest BCUT2D eigenvalue weighted by molar-refractivity contribution is -0.133. The highest BCUT2D eigenvalue weighted by molar-refractivity contribution is 7.80. The van der Waals surface area contributed by atoms with Gasteiger partial charge >= 0.3 is 5.97 Å². The van der Waals surface area contributed by atoms with E-state index in [4.69, 9.17) is 17.0 Å². The summed E-state index contributed by atoms with van der Waals surface area (Å²) in [5.74, 6) is -0.0821. The summed E-state index contributed by atoms with van der Waals surface area (Å²) in [6.45, 7) is 4.60. The second-order valence-corrected chi connectivity index (χ2v) is 17.5. The number of carbonyl (C=O) groups is 1. The first-order chi connectivity index (χ1) is 25.1. The van der Waals surface area contributed by atoms with Gasteiger partial charge in [0.25, 0.3) is 0 Å². The molecule has 1 saturated heterocycles. The van der Waals surface area contributed by atoms with Gasteiger partial charge in [0, 0.05) is 5.41 Å². The maximum absolute atomic E-state index is 12.2. The number of thiocarbonyl (C=S) groups is 1. The molecule has 0 aromatic heterocycles. The third kappa shape index (κ3) is 30.6. The summed E-state index contributed by atoms with van der Waals surface area (Å²) in [4.78, 5) is 12.2. The number of ether oxygens (including phenoxy) is 1. The Morgan fingerprint density at radius 2 is 0.569 bits per heavy atom. The van der Waals surface area contributed by atoms with E-state index in [-0.39, 0.29) is 11.4 Å². The molecule has 2 nitrogen and oxygen atoms in total. The van der Waals surface area contributed by atoms with Crippen LogP contribution in [-0.2, 0) is 9.53 Å². The topological polar surface area (TPSA) is 26.3 Å². The molecule has 1 aliphatic rings. The van der Waals surface area contributed by atoms with Crippen molar-refractivity contribution in [3.8, 4) is 0 Å². The van der Waals surface area contributed by atoms with Crippen LogP contribution in [0.15, 0.2) is 0 Å². The van der Waals surface area contributed by atoms with Crippen molar-refractivity contribution in [1.29, 1.82) is 0 Å². The van der Waals surface area contributed by atoms with Crippen LogP contribution >= 0.6 is 12.2 Å². The first-order valence-corrected chi connectivity index (χ1v) is 24.3. The van der Waals surface area contributed by atoms with Crippen molar-refractivity contribution >= 4 is 23.2 Å². The zero-order valence-electron chi connectivity index (χ0n) is 35.1. The molecule has 51 heavy (non-hydrogen) atoms. The predicted octanol–water partition coefficient (Wildman–Crippen LogP) is 17.7. The molecule has 0 aromatic carbocycles. The van der Waals surface area contributed by atoms with Crippen LogP contribution in [-0.4, -0.2) is 11.0 Å². The summed E-state index contributed by atoms with van der Waals surface area (Å²) in [6.07, 6.45) is 59.0. The minimum Gasteiger partial charge on any atom is -0.419 e. The van der Waals surface area contributed by atoms with E-state index in [0.29, 0.717) is 11.5 Å². The first-order valence-electron chi connectivity index (χ1n) is 23.9. The van der Waals surface area contributed by atoms with Gasteiger partial charge in [-0.25, -0.2) is 0 Å². The molecule has 1 heterocycles. The number of carbonyl (C=O) groups excluding carboxylic acids is 1. The highest BCUT2D eigenvalue weighted by atomic mass is 32.1. The first kappa shape index (κ1) is 48.6. The molecule has 0 spiro atoms. The highest BCUT2D eigenvalue weighted by Gasteiger charge is 2.44. The van der Waals surface area contributed by atoms with Gasteiger partial charge in [-0.3, -0.25) is 4.79 Å². The van der Waals surface area contributed by atoms with Gasteiger partial charge in [-0.15, -0.1) is 0 Å². The van der Waals surface area contributed by atoms with Crippen molar-refractivity contribution in [1.82, 2.24) is 0 Å². The number of esters is 1. The lowest BCUT2D eigenvalue weighted by Gasteiger charge is -2.26. The molecule has 0 bridgehead atoms. The molecule has 3 heteroatoms. The molecule has 0 N–H and O–H groups in total. The minimum absolute atomic E-state index is 0.0821. The van der Waals surface area contributed by atoms with E-state index in [2.05, 4.69) is 13.8 Å². The van der Waals surface area contributed by atoms with Crippen LogP contribution in [0.2, 0.25) is 0 Å². The molecular formula is C48H92O2S. The average molecular weight is 733 g/mol. The summed E-state index contributed by atoms with van der Waals surface area (Å²) in [5.41, 5.74) is -0.144. The zero-order chi connectivity index (χ0) is 36.8. The van der Waals surface area contributed by atoms with Crippen molar-refractivity contribution in [3.63, 3.8) is 0 Å². The summed E-state index contributed by atoms with van der Waals surface area (Å²) in [5, 5.41) is 0.614. The molecule has 0 aromatic rings. The van der Waals surface area contributed by atoms with Gasteiger partial charge in [-0.1, -0.05) is 271 Å². The van der Waals surface area contributed by atoms with Gasteiger partial charge in [0.1, 0.15) is 0 Å². The summed E-state index contributed by atoms with van der Waals surface area (Å²) >= 11 is 5.64. The fourth-order valence-corrected chi connectivity index (χ4v) is 8.91. The Morgan fingerprint density at radius 1 is 0.373 bits per heavy atom. The van der Waals surface area contributed by atoms with Crippen molar-refractivity contribution in [2.45, 2.75) is 290 Å². The van der Waals surface area contributed by atoms with E-state index in [1.165, 1.54) is 257 Å². The zero-order valence-corrected chi connectivity index (χ0v) is 35.9. The number of cyclic esters (lactones) is 1. The molecular weight excluding hydrogens is 641 g/mol. The van der Waals surface area contributed by atoms with Gasteiger partial charge in [-0.05, 0) is 25.1 Å².